The molecule has 0 N–H and O–H groups in total. The van der Waals surface area contributed by atoms with E-state index in [4.69, 9.17) is 18.9 Å². The van der Waals surface area contributed by atoms with Gasteiger partial charge in [0.1, 0.15) is 11.5 Å². The van der Waals surface area contributed by atoms with Crippen LogP contribution in [0.25, 0.3) is 0 Å². The molecule has 0 saturated carbocycles. The molecule has 0 amide bonds. The molecule has 0 aliphatic rings. The predicted molar refractivity (Wildman–Crippen MR) is 291 cm³/mol. The molecule has 0 radical (unpaired) electrons. The van der Waals surface area contributed by atoms with Gasteiger partial charge in [-0.25, -0.2) is 0 Å². The maximum absolute atomic E-state index is 12.1. The van der Waals surface area contributed by atoms with Crippen LogP contribution in [0.4, 0.5) is 0 Å². The lowest BCUT2D eigenvalue weighted by Gasteiger charge is -2.07. The van der Waals surface area contributed by atoms with Crippen molar-refractivity contribution in [3.8, 4) is 11.5 Å². The number of carbonyl (C=O) groups is 2. The molecule has 0 spiro atoms. The summed E-state index contributed by atoms with van der Waals surface area (Å²) < 4.78 is 24.9. The summed E-state index contributed by atoms with van der Waals surface area (Å²) in [5.74, 6) is 1.74. The maximum Gasteiger partial charge on any atom is 0.305 e. The van der Waals surface area contributed by atoms with E-state index in [-0.39, 0.29) is 11.9 Å². The number of halogens is 2. The second-order valence-corrected chi connectivity index (χ2v) is 21.1. The first-order valence-corrected chi connectivity index (χ1v) is 29.3. The van der Waals surface area contributed by atoms with Gasteiger partial charge in [0, 0.05) is 26.4 Å². The highest BCUT2D eigenvalue weighted by molar-refractivity contribution is 14.1. The van der Waals surface area contributed by atoms with Crippen LogP contribution in [0, 0.1) is 7.14 Å². The van der Waals surface area contributed by atoms with E-state index in [2.05, 4.69) is 93.7 Å². The monoisotopic (exact) mass is 1130 g/mol. The molecule has 372 valence electrons. The van der Waals surface area contributed by atoms with Gasteiger partial charge in [-0.05, 0) is 119 Å². The summed E-state index contributed by atoms with van der Waals surface area (Å²) >= 11 is 4.65. The minimum absolute atomic E-state index is 0.119. The van der Waals surface area contributed by atoms with E-state index in [1.807, 2.05) is 0 Å². The van der Waals surface area contributed by atoms with Crippen LogP contribution < -0.4 is 9.47 Å². The second kappa shape index (κ2) is 46.2. The van der Waals surface area contributed by atoms with E-state index in [9.17, 15) is 9.59 Å². The zero-order valence-corrected chi connectivity index (χ0v) is 45.5. The third-order valence-corrected chi connectivity index (χ3v) is 14.0. The number of hydrogen-bond donors (Lipinski definition) is 0. The molecular weight excluding hydrogens is 1030 g/mol. The fraction of sp³-hybridized carbons (Fsp3) is 0.754. The Morgan fingerprint density at radius 3 is 0.738 bits per heavy atom. The highest BCUT2D eigenvalue weighted by Gasteiger charge is 2.06. The van der Waals surface area contributed by atoms with Gasteiger partial charge in [-0.3, -0.25) is 9.59 Å². The largest absolute Gasteiger partial charge is 0.494 e. The van der Waals surface area contributed by atoms with E-state index in [0.29, 0.717) is 32.5 Å². The predicted octanol–water partition coefficient (Wildman–Crippen LogP) is 18.7. The molecule has 0 atom stereocenters. The molecule has 8 heteroatoms. The highest BCUT2D eigenvalue weighted by atomic mass is 127. The van der Waals surface area contributed by atoms with Gasteiger partial charge in [-0.1, -0.05) is 205 Å². The van der Waals surface area contributed by atoms with Gasteiger partial charge in [0.05, 0.1) is 26.4 Å². The van der Waals surface area contributed by atoms with Crippen molar-refractivity contribution in [3.63, 3.8) is 0 Å². The maximum atomic E-state index is 12.1. The number of rotatable bonds is 48. The molecule has 65 heavy (non-hydrogen) atoms. The third kappa shape index (κ3) is 41.2. The number of ether oxygens (including phenoxy) is 4. The first-order valence-electron chi connectivity index (χ1n) is 27.1. The molecule has 0 aliphatic heterocycles. The normalized spacial score (nSPS) is 11.2. The first-order chi connectivity index (χ1) is 32.0. The van der Waals surface area contributed by atoms with Crippen LogP contribution in [0.1, 0.15) is 250 Å². The van der Waals surface area contributed by atoms with Crippen molar-refractivity contribution in [1.82, 2.24) is 0 Å². The molecule has 2 aromatic rings. The summed E-state index contributed by atoms with van der Waals surface area (Å²) in [6.45, 7) is 2.35. The molecule has 0 unspecified atom stereocenters. The van der Waals surface area contributed by atoms with Crippen molar-refractivity contribution < 1.29 is 28.5 Å². The van der Waals surface area contributed by atoms with Crippen LogP contribution in [0.3, 0.4) is 0 Å². The van der Waals surface area contributed by atoms with Crippen molar-refractivity contribution in [2.24, 2.45) is 0 Å². The minimum Gasteiger partial charge on any atom is -0.494 e. The quantitative estimate of drug-likeness (QED) is 0.0374. The van der Waals surface area contributed by atoms with E-state index in [0.717, 1.165) is 63.2 Å². The molecule has 2 rings (SSSR count). The lowest BCUT2D eigenvalue weighted by molar-refractivity contribution is -0.146. The Hall–Kier alpha value is -1.56. The number of hydrogen-bond acceptors (Lipinski definition) is 6. The van der Waals surface area contributed by atoms with Crippen molar-refractivity contribution in [2.45, 2.75) is 250 Å². The summed E-state index contributed by atoms with van der Waals surface area (Å²) in [5, 5.41) is 0. The minimum atomic E-state index is -0.119. The van der Waals surface area contributed by atoms with Crippen LogP contribution in [-0.4, -0.2) is 38.4 Å². The van der Waals surface area contributed by atoms with Crippen LogP contribution >= 0.6 is 45.2 Å². The first kappa shape index (κ1) is 59.6. The van der Waals surface area contributed by atoms with E-state index < -0.39 is 0 Å². The summed E-state index contributed by atoms with van der Waals surface area (Å²) in [6, 6.07) is 16.6. The zero-order chi connectivity index (χ0) is 46.4. The molecular formula is C57H94I2O6. The van der Waals surface area contributed by atoms with E-state index in [1.54, 1.807) is 0 Å². The average molecular weight is 1130 g/mol. The molecule has 0 saturated heterocycles. The Morgan fingerprint density at radius 2 is 0.492 bits per heavy atom. The van der Waals surface area contributed by atoms with Gasteiger partial charge in [0.15, 0.2) is 0 Å². The number of unbranched alkanes of at least 4 members (excludes halogenated alkanes) is 34. The lowest BCUT2D eigenvalue weighted by Crippen LogP contribution is -2.10. The molecule has 0 aromatic heterocycles. The Bertz CT molecular complexity index is 1230. The van der Waals surface area contributed by atoms with Gasteiger partial charge in [0.25, 0.3) is 0 Å². The molecule has 0 bridgehead atoms. The van der Waals surface area contributed by atoms with Gasteiger partial charge in [-0.2, -0.15) is 0 Å². The highest BCUT2D eigenvalue weighted by Crippen LogP contribution is 2.19. The fourth-order valence-corrected chi connectivity index (χ4v) is 9.14. The van der Waals surface area contributed by atoms with Crippen LogP contribution in [-0.2, 0) is 19.1 Å². The number of esters is 2. The zero-order valence-electron chi connectivity index (χ0n) is 41.2. The molecule has 0 aliphatic carbocycles. The summed E-state index contributed by atoms with van der Waals surface area (Å²) in [6.07, 6.45) is 48.4. The van der Waals surface area contributed by atoms with E-state index >= 15 is 0 Å². The second-order valence-electron chi connectivity index (χ2n) is 18.6. The molecule has 0 heterocycles. The van der Waals surface area contributed by atoms with Crippen molar-refractivity contribution in [2.75, 3.05) is 26.4 Å². The Morgan fingerprint density at radius 1 is 0.277 bits per heavy atom. The average Bonchev–Trinajstić information content (AvgIpc) is 3.31. The summed E-state index contributed by atoms with van der Waals surface area (Å²) in [7, 11) is 0. The van der Waals surface area contributed by atoms with Crippen LogP contribution in [0.2, 0.25) is 0 Å². The SMILES string of the molecule is O=C(CCCCCCCCCCCCCCCCCCCCOc1ccc(I)cc1)OCCCOC(=O)CCCCCCCCCCCCCCCCCCCCOc1ccc(I)cc1. The fourth-order valence-electron chi connectivity index (χ4n) is 8.42. The van der Waals surface area contributed by atoms with E-state index in [1.165, 1.54) is 200 Å². The topological polar surface area (TPSA) is 71.1 Å². The standard InChI is InChI=1S/C57H94I2O6/c58-52-40-44-54(45-41-52)62-48-35-31-27-23-19-15-11-7-3-1-5-9-13-17-21-25-29-33-38-56(60)64-50-37-51-65-57(61)39-34-30-26-22-18-14-10-6-2-4-8-12-16-20-24-28-32-36-49-63-55-46-42-53(59)43-47-55/h40-47H,1-39,48-51H2. The lowest BCUT2D eigenvalue weighted by atomic mass is 10.0. The third-order valence-electron chi connectivity index (χ3n) is 12.5. The van der Waals surface area contributed by atoms with Crippen molar-refractivity contribution in [3.05, 3.63) is 55.7 Å². The van der Waals surface area contributed by atoms with Gasteiger partial charge < -0.3 is 18.9 Å². The van der Waals surface area contributed by atoms with Crippen molar-refractivity contribution >= 4 is 57.1 Å². The summed E-state index contributed by atoms with van der Waals surface area (Å²) in [5.41, 5.74) is 0. The van der Waals surface area contributed by atoms with Crippen LogP contribution in [0.15, 0.2) is 48.5 Å². The Balaban J connectivity index is 1.16. The van der Waals surface area contributed by atoms with Gasteiger partial charge in [-0.15, -0.1) is 0 Å². The Kier molecular flexibility index (Phi) is 42.3. The molecule has 2 aromatic carbocycles. The van der Waals surface area contributed by atoms with Crippen molar-refractivity contribution in [1.29, 1.82) is 0 Å². The van der Waals surface area contributed by atoms with Crippen LogP contribution in [0.5, 0.6) is 11.5 Å². The van der Waals surface area contributed by atoms with Gasteiger partial charge in [0.2, 0.25) is 0 Å². The molecule has 6 nitrogen and oxygen atoms in total. The summed E-state index contributed by atoms with van der Waals surface area (Å²) in [4.78, 5) is 24.1. The number of benzene rings is 2. The van der Waals surface area contributed by atoms with Gasteiger partial charge >= 0.3 is 11.9 Å². The number of carbonyl (C=O) groups excluding carboxylic acids is 2. The molecule has 0 fully saturated rings. The smallest absolute Gasteiger partial charge is 0.305 e. The Labute approximate surface area is 426 Å².